The lowest BCUT2D eigenvalue weighted by molar-refractivity contribution is 0.513. The monoisotopic (exact) mass is 327 g/mol. The quantitative estimate of drug-likeness (QED) is 0.540. The first-order valence-electron chi connectivity index (χ1n) is 9.39. The molecule has 1 heteroatoms. The molecule has 4 rings (SSSR count). The van der Waals surface area contributed by atoms with E-state index in [1.165, 1.54) is 42.4 Å². The minimum atomic E-state index is 0.865. The fraction of sp³-hybridized carbons (Fsp3) is 0.292. The third kappa shape index (κ3) is 3.82. The van der Waals surface area contributed by atoms with E-state index in [1.807, 2.05) is 12.3 Å². The van der Waals surface area contributed by atoms with Crippen LogP contribution in [0.25, 0.3) is 22.4 Å². The van der Waals surface area contributed by atoms with Gasteiger partial charge in [0, 0.05) is 17.3 Å². The van der Waals surface area contributed by atoms with E-state index >= 15 is 0 Å². The highest BCUT2D eigenvalue weighted by molar-refractivity contribution is 5.67. The fourth-order valence-electron chi connectivity index (χ4n) is 4.07. The largest absolute Gasteiger partial charge is 0.256 e. The summed E-state index contributed by atoms with van der Waals surface area (Å²) in [7, 11) is 0. The zero-order chi connectivity index (χ0) is 17.1. The van der Waals surface area contributed by atoms with Crippen LogP contribution in [0.5, 0.6) is 0 Å². The molecule has 0 spiro atoms. The number of nitrogens with zero attached hydrogens (tertiary/aromatic N) is 1. The van der Waals surface area contributed by atoms with E-state index in [4.69, 9.17) is 0 Å². The normalized spacial score (nSPS) is 19.9. The van der Waals surface area contributed by atoms with Crippen LogP contribution in [0.1, 0.15) is 31.7 Å². The first kappa shape index (κ1) is 16.1. The first-order valence-corrected chi connectivity index (χ1v) is 9.39. The summed E-state index contributed by atoms with van der Waals surface area (Å²) in [5.41, 5.74) is 6.12. The molecular formula is C24H25N. The summed E-state index contributed by atoms with van der Waals surface area (Å²) in [6.07, 6.45) is 7.39. The molecule has 1 saturated carbocycles. The highest BCUT2D eigenvalue weighted by atomic mass is 14.7. The summed E-state index contributed by atoms with van der Waals surface area (Å²) < 4.78 is 0. The number of aromatic nitrogens is 1. The summed E-state index contributed by atoms with van der Waals surface area (Å²) in [6, 6.07) is 23.7. The maximum absolute atomic E-state index is 4.67. The lowest BCUT2D eigenvalue weighted by Crippen LogP contribution is -1.99. The van der Waals surface area contributed by atoms with Crippen molar-refractivity contribution in [2.75, 3.05) is 0 Å². The van der Waals surface area contributed by atoms with Crippen molar-refractivity contribution in [3.63, 3.8) is 0 Å². The van der Waals surface area contributed by atoms with Gasteiger partial charge in [-0.05, 0) is 48.3 Å². The molecule has 1 heterocycles. The number of hydrogen-bond acceptors (Lipinski definition) is 1. The van der Waals surface area contributed by atoms with Crippen molar-refractivity contribution < 1.29 is 0 Å². The molecule has 0 bridgehead atoms. The van der Waals surface area contributed by atoms with Crippen LogP contribution in [0.2, 0.25) is 0 Å². The molecule has 25 heavy (non-hydrogen) atoms. The summed E-state index contributed by atoms with van der Waals surface area (Å²) in [6.45, 7) is 2.39. The van der Waals surface area contributed by atoms with Gasteiger partial charge in [-0.3, -0.25) is 4.98 Å². The smallest absolute Gasteiger partial charge is 0.0702 e. The molecule has 126 valence electrons. The van der Waals surface area contributed by atoms with Gasteiger partial charge in [-0.15, -0.1) is 0 Å². The Labute approximate surface area is 150 Å². The van der Waals surface area contributed by atoms with Gasteiger partial charge < -0.3 is 0 Å². The van der Waals surface area contributed by atoms with Crippen molar-refractivity contribution in [2.45, 2.75) is 32.6 Å². The fourth-order valence-corrected chi connectivity index (χ4v) is 4.07. The lowest BCUT2D eigenvalue weighted by Gasteiger charge is -2.11. The van der Waals surface area contributed by atoms with Gasteiger partial charge in [0.2, 0.25) is 0 Å². The summed E-state index contributed by atoms with van der Waals surface area (Å²) in [5.74, 6) is 1.77. The van der Waals surface area contributed by atoms with Crippen LogP contribution in [-0.2, 0) is 6.42 Å². The molecule has 3 aromatic rings. The molecule has 1 aliphatic carbocycles. The van der Waals surface area contributed by atoms with Crippen LogP contribution in [0.4, 0.5) is 0 Å². The third-order valence-corrected chi connectivity index (χ3v) is 5.42. The first-order chi connectivity index (χ1) is 12.3. The van der Waals surface area contributed by atoms with Crippen molar-refractivity contribution in [3.05, 3.63) is 78.5 Å². The van der Waals surface area contributed by atoms with E-state index in [9.17, 15) is 0 Å². The molecule has 1 fully saturated rings. The topological polar surface area (TPSA) is 12.9 Å². The Balaban J connectivity index is 1.52. The maximum atomic E-state index is 4.67. The molecule has 0 aliphatic heterocycles. The molecule has 0 saturated heterocycles. The number of benzene rings is 2. The van der Waals surface area contributed by atoms with Gasteiger partial charge in [-0.25, -0.2) is 0 Å². The summed E-state index contributed by atoms with van der Waals surface area (Å²) in [5, 5.41) is 0. The molecule has 2 aromatic carbocycles. The van der Waals surface area contributed by atoms with E-state index in [1.54, 1.807) is 0 Å². The van der Waals surface area contributed by atoms with Gasteiger partial charge in [-0.2, -0.15) is 0 Å². The highest BCUT2D eigenvalue weighted by Crippen LogP contribution is 2.33. The van der Waals surface area contributed by atoms with Crippen molar-refractivity contribution in [1.29, 1.82) is 0 Å². The Kier molecular flexibility index (Phi) is 4.65. The van der Waals surface area contributed by atoms with E-state index in [0.29, 0.717) is 0 Å². The SMILES string of the molecule is CC1CCC(Cc2cccc(-c3ccc(-c4ccccc4)nc3)c2)C1. The van der Waals surface area contributed by atoms with Gasteiger partial charge in [0.25, 0.3) is 0 Å². The van der Waals surface area contributed by atoms with Gasteiger partial charge in [-0.1, -0.05) is 74.0 Å². The van der Waals surface area contributed by atoms with Crippen LogP contribution in [0, 0.1) is 11.8 Å². The van der Waals surface area contributed by atoms with Crippen molar-refractivity contribution in [2.24, 2.45) is 11.8 Å². The minimum absolute atomic E-state index is 0.865. The lowest BCUT2D eigenvalue weighted by atomic mass is 9.95. The Morgan fingerprint density at radius 3 is 2.40 bits per heavy atom. The van der Waals surface area contributed by atoms with Crippen LogP contribution >= 0.6 is 0 Å². The molecule has 2 unspecified atom stereocenters. The standard InChI is InChI=1S/C24H25N/c1-18-10-11-20(14-18)15-19-6-5-9-22(16-19)23-12-13-24(25-17-23)21-7-3-2-4-8-21/h2-9,12-13,16-18,20H,10-11,14-15H2,1H3. The average molecular weight is 327 g/mol. The Morgan fingerprint density at radius 2 is 1.68 bits per heavy atom. The molecule has 0 amide bonds. The summed E-state index contributed by atoms with van der Waals surface area (Å²) >= 11 is 0. The van der Waals surface area contributed by atoms with E-state index in [0.717, 1.165) is 23.1 Å². The molecular weight excluding hydrogens is 302 g/mol. The number of hydrogen-bond donors (Lipinski definition) is 0. The van der Waals surface area contributed by atoms with Gasteiger partial charge in [0.15, 0.2) is 0 Å². The third-order valence-electron chi connectivity index (χ3n) is 5.42. The van der Waals surface area contributed by atoms with Crippen molar-refractivity contribution >= 4 is 0 Å². The van der Waals surface area contributed by atoms with E-state index < -0.39 is 0 Å². The second-order valence-electron chi connectivity index (χ2n) is 7.49. The molecule has 1 nitrogen and oxygen atoms in total. The highest BCUT2D eigenvalue weighted by Gasteiger charge is 2.21. The van der Waals surface area contributed by atoms with Gasteiger partial charge >= 0.3 is 0 Å². The van der Waals surface area contributed by atoms with Crippen LogP contribution in [0.15, 0.2) is 72.9 Å². The van der Waals surface area contributed by atoms with Gasteiger partial charge in [0.05, 0.1) is 5.69 Å². The Bertz CT molecular complexity index is 820. The zero-order valence-corrected chi connectivity index (χ0v) is 14.9. The molecule has 1 aromatic heterocycles. The molecule has 2 atom stereocenters. The average Bonchev–Trinajstić information content (AvgIpc) is 3.07. The predicted octanol–water partition coefficient (Wildman–Crippen LogP) is 6.39. The zero-order valence-electron chi connectivity index (χ0n) is 14.9. The number of pyridine rings is 1. The van der Waals surface area contributed by atoms with Crippen LogP contribution in [-0.4, -0.2) is 4.98 Å². The predicted molar refractivity (Wildman–Crippen MR) is 105 cm³/mol. The number of rotatable bonds is 4. The van der Waals surface area contributed by atoms with E-state index in [-0.39, 0.29) is 0 Å². The van der Waals surface area contributed by atoms with Crippen molar-refractivity contribution in [3.8, 4) is 22.4 Å². The van der Waals surface area contributed by atoms with Crippen molar-refractivity contribution in [1.82, 2.24) is 4.98 Å². The second kappa shape index (κ2) is 7.23. The van der Waals surface area contributed by atoms with Crippen LogP contribution < -0.4 is 0 Å². The van der Waals surface area contributed by atoms with Crippen LogP contribution in [0.3, 0.4) is 0 Å². The van der Waals surface area contributed by atoms with Gasteiger partial charge in [0.1, 0.15) is 0 Å². The molecule has 0 radical (unpaired) electrons. The Morgan fingerprint density at radius 1 is 0.840 bits per heavy atom. The molecule has 1 aliphatic rings. The summed E-state index contributed by atoms with van der Waals surface area (Å²) in [4.78, 5) is 4.67. The maximum Gasteiger partial charge on any atom is 0.0702 e. The second-order valence-corrected chi connectivity index (χ2v) is 7.49. The molecule has 0 N–H and O–H groups in total. The van der Waals surface area contributed by atoms with E-state index in [2.05, 4.69) is 72.6 Å². The minimum Gasteiger partial charge on any atom is -0.256 e. The Hall–Kier alpha value is -2.41.